The van der Waals surface area contributed by atoms with Crippen LogP contribution in [0.4, 0.5) is 5.69 Å². The molecule has 0 saturated carbocycles. The van der Waals surface area contributed by atoms with Crippen molar-refractivity contribution in [2.45, 2.75) is 0 Å². The number of nitrogens with one attached hydrogen (secondary N) is 1. The molecule has 0 aliphatic carbocycles. The van der Waals surface area contributed by atoms with Crippen LogP contribution in [0.5, 0.6) is 17.2 Å². The van der Waals surface area contributed by atoms with E-state index in [1.165, 1.54) is 14.2 Å². The lowest BCUT2D eigenvalue weighted by Gasteiger charge is -2.13. The number of para-hydroxylation sites is 1. The second kappa shape index (κ2) is 8.52. The van der Waals surface area contributed by atoms with E-state index in [4.69, 9.17) is 18.6 Å². The highest BCUT2D eigenvalue weighted by atomic mass is 16.5. The molecule has 4 aromatic rings. The number of anilines is 1. The van der Waals surface area contributed by atoms with E-state index < -0.39 is 0 Å². The number of carbonyl (C=O) groups is 1. The maximum absolute atomic E-state index is 12.3. The Morgan fingerprint density at radius 3 is 2.60 bits per heavy atom. The largest absolute Gasteiger partial charge is 0.493 e. The number of amides is 1. The van der Waals surface area contributed by atoms with Crippen LogP contribution in [0.3, 0.4) is 0 Å². The number of carbonyl (C=O) groups excluding carboxylic acids is 1. The van der Waals surface area contributed by atoms with Gasteiger partial charge in [0.25, 0.3) is 5.91 Å². The first-order valence-corrected chi connectivity index (χ1v) is 9.12. The molecule has 2 aromatic heterocycles. The van der Waals surface area contributed by atoms with Gasteiger partial charge in [0.2, 0.25) is 11.6 Å². The molecule has 8 heteroatoms. The molecule has 2 heterocycles. The third-order valence-electron chi connectivity index (χ3n) is 4.32. The van der Waals surface area contributed by atoms with Crippen molar-refractivity contribution in [3.8, 4) is 28.7 Å². The lowest BCUT2D eigenvalue weighted by Crippen LogP contribution is -2.20. The predicted octanol–water partition coefficient (Wildman–Crippen LogP) is 3.92. The van der Waals surface area contributed by atoms with Crippen LogP contribution in [-0.2, 0) is 4.79 Å². The molecule has 0 bridgehead atoms. The number of methoxy groups -OCH3 is 2. The van der Waals surface area contributed by atoms with Crippen molar-refractivity contribution in [1.82, 2.24) is 9.97 Å². The molecule has 8 nitrogen and oxygen atoms in total. The predicted molar refractivity (Wildman–Crippen MR) is 111 cm³/mol. The molecule has 0 aliphatic rings. The Kier molecular flexibility index (Phi) is 5.47. The number of nitrogens with zero attached hydrogens (tertiary/aromatic N) is 2. The normalized spacial score (nSPS) is 10.6. The monoisotopic (exact) mass is 405 g/mol. The fourth-order valence-electron chi connectivity index (χ4n) is 2.93. The first-order valence-electron chi connectivity index (χ1n) is 9.12. The SMILES string of the molecule is COc1cccc(OCC(=O)Nc2ccc3oc(-c4ccncc4)nc3c2)c1OC. The fraction of sp³-hybridized carbons (Fsp3) is 0.136. The molecule has 0 radical (unpaired) electrons. The van der Waals surface area contributed by atoms with Crippen molar-refractivity contribution in [2.75, 3.05) is 26.1 Å². The average molecular weight is 405 g/mol. The van der Waals surface area contributed by atoms with Gasteiger partial charge in [-0.2, -0.15) is 0 Å². The molecule has 0 atom stereocenters. The van der Waals surface area contributed by atoms with E-state index in [1.807, 2.05) is 12.1 Å². The van der Waals surface area contributed by atoms with E-state index in [0.717, 1.165) is 5.56 Å². The third kappa shape index (κ3) is 4.02. The number of rotatable bonds is 7. The summed E-state index contributed by atoms with van der Waals surface area (Å²) in [6.45, 7) is -0.192. The minimum Gasteiger partial charge on any atom is -0.493 e. The van der Waals surface area contributed by atoms with Gasteiger partial charge in [-0.15, -0.1) is 0 Å². The van der Waals surface area contributed by atoms with E-state index >= 15 is 0 Å². The summed E-state index contributed by atoms with van der Waals surface area (Å²) < 4.78 is 21.9. The van der Waals surface area contributed by atoms with E-state index in [1.54, 1.807) is 48.8 Å². The molecule has 152 valence electrons. The molecule has 1 N–H and O–H groups in total. The zero-order valence-electron chi connectivity index (χ0n) is 16.4. The zero-order valence-corrected chi connectivity index (χ0v) is 16.4. The highest BCUT2D eigenvalue weighted by Gasteiger charge is 2.13. The van der Waals surface area contributed by atoms with Gasteiger partial charge in [-0.3, -0.25) is 9.78 Å². The number of ether oxygens (including phenoxy) is 3. The van der Waals surface area contributed by atoms with Crippen molar-refractivity contribution in [1.29, 1.82) is 0 Å². The van der Waals surface area contributed by atoms with Crippen LogP contribution in [0.15, 0.2) is 65.3 Å². The van der Waals surface area contributed by atoms with Crippen LogP contribution in [0.1, 0.15) is 0 Å². The second-order valence-electron chi connectivity index (χ2n) is 6.27. The van der Waals surface area contributed by atoms with Crippen LogP contribution in [0, 0.1) is 0 Å². The maximum atomic E-state index is 12.3. The standard InChI is InChI=1S/C22H19N3O5/c1-27-18-4-3-5-19(21(18)28-2)29-13-20(26)24-15-6-7-17-16(12-15)25-22(30-17)14-8-10-23-11-9-14/h3-12H,13H2,1-2H3,(H,24,26). The number of hydrogen-bond donors (Lipinski definition) is 1. The Bertz CT molecular complexity index is 1170. The molecule has 0 saturated heterocycles. The van der Waals surface area contributed by atoms with Crippen LogP contribution in [0.25, 0.3) is 22.6 Å². The second-order valence-corrected chi connectivity index (χ2v) is 6.27. The van der Waals surface area contributed by atoms with Crippen LogP contribution in [-0.4, -0.2) is 36.7 Å². The number of oxazole rings is 1. The summed E-state index contributed by atoms with van der Waals surface area (Å²) in [7, 11) is 3.05. The number of aromatic nitrogens is 2. The maximum Gasteiger partial charge on any atom is 0.262 e. The molecular weight excluding hydrogens is 386 g/mol. The summed E-state index contributed by atoms with van der Waals surface area (Å²) in [5, 5.41) is 2.79. The van der Waals surface area contributed by atoms with Gasteiger partial charge in [0.15, 0.2) is 23.7 Å². The topological polar surface area (TPSA) is 95.7 Å². The molecule has 0 unspecified atom stereocenters. The molecule has 0 aliphatic heterocycles. The zero-order chi connectivity index (χ0) is 20.9. The first-order chi connectivity index (χ1) is 14.7. The van der Waals surface area contributed by atoms with Crippen LogP contribution >= 0.6 is 0 Å². The number of fused-ring (bicyclic) bond motifs is 1. The lowest BCUT2D eigenvalue weighted by molar-refractivity contribution is -0.118. The quantitative estimate of drug-likeness (QED) is 0.498. The third-order valence-corrected chi connectivity index (χ3v) is 4.32. The van der Waals surface area contributed by atoms with Crippen molar-refractivity contribution in [3.05, 3.63) is 60.9 Å². The Morgan fingerprint density at radius 1 is 1.03 bits per heavy atom. The highest BCUT2D eigenvalue weighted by molar-refractivity contribution is 5.94. The summed E-state index contributed by atoms with van der Waals surface area (Å²) in [5.41, 5.74) is 2.67. The van der Waals surface area contributed by atoms with Gasteiger partial charge in [0.1, 0.15) is 5.52 Å². The highest BCUT2D eigenvalue weighted by Crippen LogP contribution is 2.36. The lowest BCUT2D eigenvalue weighted by atomic mass is 10.2. The van der Waals surface area contributed by atoms with E-state index in [0.29, 0.717) is 39.9 Å². The van der Waals surface area contributed by atoms with Gasteiger partial charge in [0, 0.05) is 23.6 Å². The minimum absolute atomic E-state index is 0.192. The van der Waals surface area contributed by atoms with Gasteiger partial charge in [-0.05, 0) is 42.5 Å². The van der Waals surface area contributed by atoms with Gasteiger partial charge in [0.05, 0.1) is 14.2 Å². The first kappa shape index (κ1) is 19.3. The fourth-order valence-corrected chi connectivity index (χ4v) is 2.93. The van der Waals surface area contributed by atoms with Gasteiger partial charge in [-0.1, -0.05) is 6.07 Å². The molecule has 30 heavy (non-hydrogen) atoms. The summed E-state index contributed by atoms with van der Waals surface area (Å²) in [4.78, 5) is 20.8. The van der Waals surface area contributed by atoms with Gasteiger partial charge >= 0.3 is 0 Å². The van der Waals surface area contributed by atoms with Crippen molar-refractivity contribution in [3.63, 3.8) is 0 Å². The van der Waals surface area contributed by atoms with Crippen molar-refractivity contribution < 1.29 is 23.4 Å². The van der Waals surface area contributed by atoms with E-state index in [2.05, 4.69) is 15.3 Å². The number of hydrogen-bond acceptors (Lipinski definition) is 7. The average Bonchev–Trinajstić information content (AvgIpc) is 3.21. The molecule has 1 amide bonds. The molecule has 0 fully saturated rings. The van der Waals surface area contributed by atoms with Crippen LogP contribution < -0.4 is 19.5 Å². The minimum atomic E-state index is -0.322. The summed E-state index contributed by atoms with van der Waals surface area (Å²) >= 11 is 0. The van der Waals surface area contributed by atoms with Gasteiger partial charge < -0.3 is 23.9 Å². The van der Waals surface area contributed by atoms with Crippen molar-refractivity contribution >= 4 is 22.7 Å². The number of benzene rings is 2. The smallest absolute Gasteiger partial charge is 0.262 e. The summed E-state index contributed by atoms with van der Waals surface area (Å²) in [5.74, 6) is 1.54. The molecule has 4 rings (SSSR count). The van der Waals surface area contributed by atoms with Crippen molar-refractivity contribution in [2.24, 2.45) is 0 Å². The Hall–Kier alpha value is -4.07. The van der Waals surface area contributed by atoms with E-state index in [9.17, 15) is 4.79 Å². The molecule has 0 spiro atoms. The Morgan fingerprint density at radius 2 is 1.83 bits per heavy atom. The Balaban J connectivity index is 1.45. The molecule has 2 aromatic carbocycles. The summed E-state index contributed by atoms with van der Waals surface area (Å²) in [6.07, 6.45) is 3.35. The van der Waals surface area contributed by atoms with Crippen LogP contribution in [0.2, 0.25) is 0 Å². The number of pyridine rings is 1. The molecular formula is C22H19N3O5. The Labute approximate surface area is 172 Å². The van der Waals surface area contributed by atoms with E-state index in [-0.39, 0.29) is 12.5 Å². The van der Waals surface area contributed by atoms with Gasteiger partial charge in [-0.25, -0.2) is 4.98 Å². The summed E-state index contributed by atoms with van der Waals surface area (Å²) in [6, 6.07) is 14.1.